The highest BCUT2D eigenvalue weighted by Crippen LogP contribution is 2.33. The van der Waals surface area contributed by atoms with Crippen LogP contribution in [0.3, 0.4) is 0 Å². The zero-order chi connectivity index (χ0) is 15.7. The molecule has 0 aliphatic rings. The van der Waals surface area contributed by atoms with E-state index in [9.17, 15) is 15.2 Å². The highest BCUT2D eigenvalue weighted by atomic mass is 16.6. The van der Waals surface area contributed by atoms with Crippen LogP contribution in [0.5, 0.6) is 5.75 Å². The molecular weight excluding hydrogens is 282 g/mol. The number of benzene rings is 2. The van der Waals surface area contributed by atoms with E-state index in [0.29, 0.717) is 22.5 Å². The Morgan fingerprint density at radius 3 is 2.68 bits per heavy atom. The van der Waals surface area contributed by atoms with Crippen LogP contribution in [0.4, 0.5) is 5.69 Å². The second-order valence-corrected chi connectivity index (χ2v) is 4.96. The predicted octanol–water partition coefficient (Wildman–Crippen LogP) is 3.67. The first-order valence-corrected chi connectivity index (χ1v) is 6.65. The second kappa shape index (κ2) is 5.33. The predicted molar refractivity (Wildman–Crippen MR) is 82.5 cm³/mol. The molecule has 3 rings (SSSR count). The van der Waals surface area contributed by atoms with E-state index in [0.717, 1.165) is 5.56 Å². The maximum atomic E-state index is 11.1. The van der Waals surface area contributed by atoms with Crippen molar-refractivity contribution in [2.45, 2.75) is 6.92 Å². The van der Waals surface area contributed by atoms with Crippen LogP contribution in [0.1, 0.15) is 5.56 Å². The van der Waals surface area contributed by atoms with Crippen LogP contribution in [0, 0.1) is 17.0 Å². The summed E-state index contributed by atoms with van der Waals surface area (Å²) < 4.78 is 0. The van der Waals surface area contributed by atoms with Crippen molar-refractivity contribution in [1.29, 1.82) is 0 Å². The van der Waals surface area contributed by atoms with Crippen molar-refractivity contribution in [3.8, 4) is 28.3 Å². The fourth-order valence-corrected chi connectivity index (χ4v) is 2.31. The monoisotopic (exact) mass is 295 g/mol. The first kappa shape index (κ1) is 13.8. The molecule has 0 saturated carbocycles. The maximum absolute atomic E-state index is 11.1. The molecule has 2 N–H and O–H groups in total. The Balaban J connectivity index is 2.09. The van der Waals surface area contributed by atoms with Crippen molar-refractivity contribution in [3.05, 3.63) is 64.2 Å². The minimum absolute atomic E-state index is 0.00571. The first-order valence-electron chi connectivity index (χ1n) is 6.65. The highest BCUT2D eigenvalue weighted by Gasteiger charge is 2.17. The summed E-state index contributed by atoms with van der Waals surface area (Å²) in [7, 11) is 0. The second-order valence-electron chi connectivity index (χ2n) is 4.96. The minimum Gasteiger partial charge on any atom is -0.507 e. The summed E-state index contributed by atoms with van der Waals surface area (Å²) in [5.74, 6) is 0.117. The molecular formula is C16H13N3O3. The number of H-pyrrole nitrogens is 1. The van der Waals surface area contributed by atoms with Crippen molar-refractivity contribution < 1.29 is 10.0 Å². The van der Waals surface area contributed by atoms with Crippen LogP contribution in [-0.4, -0.2) is 20.2 Å². The number of phenols is 1. The van der Waals surface area contributed by atoms with E-state index >= 15 is 0 Å². The molecule has 0 spiro atoms. The van der Waals surface area contributed by atoms with Gasteiger partial charge < -0.3 is 5.11 Å². The Morgan fingerprint density at radius 1 is 1.14 bits per heavy atom. The Hall–Kier alpha value is -3.15. The Labute approximate surface area is 126 Å². The molecule has 6 nitrogen and oxygen atoms in total. The summed E-state index contributed by atoms with van der Waals surface area (Å²) in [5.41, 5.74) is 3.10. The number of nitro groups is 1. The Kier molecular flexibility index (Phi) is 3.34. The normalized spacial score (nSPS) is 10.6. The van der Waals surface area contributed by atoms with Crippen molar-refractivity contribution in [1.82, 2.24) is 10.2 Å². The van der Waals surface area contributed by atoms with Gasteiger partial charge in [-0.15, -0.1) is 0 Å². The van der Waals surface area contributed by atoms with E-state index in [1.807, 2.05) is 13.0 Å². The van der Waals surface area contributed by atoms with Crippen molar-refractivity contribution in [2.75, 3.05) is 0 Å². The SMILES string of the molecule is Cc1ccc(O)c(-c2cc(-c3ccccc3[N+](=O)[O-])[nH]n2)c1. The molecule has 0 amide bonds. The molecule has 110 valence electrons. The summed E-state index contributed by atoms with van der Waals surface area (Å²) in [6, 6.07) is 13.4. The molecule has 0 fully saturated rings. The van der Waals surface area contributed by atoms with Gasteiger partial charge >= 0.3 is 0 Å². The number of nitrogens with one attached hydrogen (secondary N) is 1. The number of nitro benzene ring substituents is 1. The van der Waals surface area contributed by atoms with E-state index in [-0.39, 0.29) is 11.4 Å². The lowest BCUT2D eigenvalue weighted by atomic mass is 10.1. The molecule has 6 heteroatoms. The molecule has 0 saturated heterocycles. The fraction of sp³-hybridized carbons (Fsp3) is 0.0625. The van der Waals surface area contributed by atoms with Gasteiger partial charge in [-0.2, -0.15) is 5.10 Å². The van der Waals surface area contributed by atoms with E-state index in [1.165, 1.54) is 6.07 Å². The van der Waals surface area contributed by atoms with Crippen LogP contribution in [0.15, 0.2) is 48.5 Å². The lowest BCUT2D eigenvalue weighted by molar-refractivity contribution is -0.384. The molecule has 0 aliphatic carbocycles. The molecule has 22 heavy (non-hydrogen) atoms. The van der Waals surface area contributed by atoms with Crippen molar-refractivity contribution in [2.24, 2.45) is 0 Å². The third-order valence-corrected chi connectivity index (χ3v) is 3.40. The molecule has 0 unspecified atom stereocenters. The number of hydrogen-bond donors (Lipinski definition) is 2. The highest BCUT2D eigenvalue weighted by molar-refractivity contribution is 5.76. The van der Waals surface area contributed by atoms with E-state index in [4.69, 9.17) is 0 Å². The molecule has 0 bridgehead atoms. The molecule has 1 aromatic heterocycles. The summed E-state index contributed by atoms with van der Waals surface area (Å²) in [6.45, 7) is 1.92. The zero-order valence-corrected chi connectivity index (χ0v) is 11.8. The van der Waals surface area contributed by atoms with Gasteiger partial charge in [0, 0.05) is 11.6 Å². The van der Waals surface area contributed by atoms with Gasteiger partial charge in [-0.3, -0.25) is 15.2 Å². The van der Waals surface area contributed by atoms with Gasteiger partial charge in [0.05, 0.1) is 21.9 Å². The summed E-state index contributed by atoms with van der Waals surface area (Å²) >= 11 is 0. The number of phenolic OH excluding ortho intramolecular Hbond substituents is 1. The van der Waals surface area contributed by atoms with Gasteiger partial charge in [0.1, 0.15) is 5.75 Å². The molecule has 0 radical (unpaired) electrons. The Bertz CT molecular complexity index is 855. The number of nitrogens with zero attached hydrogens (tertiary/aromatic N) is 2. The number of aryl methyl sites for hydroxylation is 1. The van der Waals surface area contributed by atoms with Gasteiger partial charge in [0.25, 0.3) is 5.69 Å². The molecule has 3 aromatic rings. The first-order chi connectivity index (χ1) is 10.6. The van der Waals surface area contributed by atoms with E-state index < -0.39 is 4.92 Å². The lowest BCUT2D eigenvalue weighted by Gasteiger charge is -2.02. The van der Waals surface area contributed by atoms with Gasteiger partial charge in [-0.1, -0.05) is 23.8 Å². The van der Waals surface area contributed by atoms with E-state index in [2.05, 4.69) is 10.2 Å². The number of hydrogen-bond acceptors (Lipinski definition) is 4. The number of aromatic hydroxyl groups is 1. The molecule has 0 aliphatic heterocycles. The number of aromatic nitrogens is 2. The lowest BCUT2D eigenvalue weighted by Crippen LogP contribution is -1.91. The van der Waals surface area contributed by atoms with Gasteiger partial charge in [-0.05, 0) is 31.2 Å². The average Bonchev–Trinajstić information content (AvgIpc) is 2.99. The number of aromatic amines is 1. The smallest absolute Gasteiger partial charge is 0.278 e. The Morgan fingerprint density at radius 2 is 1.91 bits per heavy atom. The van der Waals surface area contributed by atoms with Crippen molar-refractivity contribution in [3.63, 3.8) is 0 Å². The molecule has 0 atom stereocenters. The standard InChI is InChI=1S/C16H13N3O3/c1-10-6-7-16(20)12(8-10)14-9-13(17-18-14)11-4-2-3-5-15(11)19(21)22/h2-9,20H,1H3,(H,17,18). The summed E-state index contributed by atoms with van der Waals surface area (Å²) in [6.07, 6.45) is 0. The van der Waals surface area contributed by atoms with E-state index in [1.54, 1.807) is 36.4 Å². The number of para-hydroxylation sites is 1. The number of rotatable bonds is 3. The van der Waals surface area contributed by atoms with Crippen LogP contribution in [-0.2, 0) is 0 Å². The molecule has 2 aromatic carbocycles. The third kappa shape index (κ3) is 2.42. The topological polar surface area (TPSA) is 92.0 Å². The molecule has 1 heterocycles. The van der Waals surface area contributed by atoms with Crippen LogP contribution < -0.4 is 0 Å². The van der Waals surface area contributed by atoms with Gasteiger partial charge in [0.2, 0.25) is 0 Å². The zero-order valence-electron chi connectivity index (χ0n) is 11.8. The maximum Gasteiger partial charge on any atom is 0.278 e. The minimum atomic E-state index is -0.431. The van der Waals surface area contributed by atoms with Crippen molar-refractivity contribution >= 4 is 5.69 Å². The van der Waals surface area contributed by atoms with Crippen LogP contribution in [0.2, 0.25) is 0 Å². The fourth-order valence-electron chi connectivity index (χ4n) is 2.31. The largest absolute Gasteiger partial charge is 0.507 e. The summed E-state index contributed by atoms with van der Waals surface area (Å²) in [4.78, 5) is 10.7. The van der Waals surface area contributed by atoms with Crippen LogP contribution in [0.25, 0.3) is 22.5 Å². The van der Waals surface area contributed by atoms with Gasteiger partial charge in [-0.25, -0.2) is 0 Å². The quantitative estimate of drug-likeness (QED) is 0.569. The average molecular weight is 295 g/mol. The van der Waals surface area contributed by atoms with Gasteiger partial charge in [0.15, 0.2) is 0 Å². The third-order valence-electron chi connectivity index (χ3n) is 3.40. The summed E-state index contributed by atoms with van der Waals surface area (Å²) in [5, 5.41) is 28.0. The van der Waals surface area contributed by atoms with Crippen LogP contribution >= 0.6 is 0 Å².